The summed E-state index contributed by atoms with van der Waals surface area (Å²) in [4.78, 5) is 23.7. The fraction of sp³-hybridized carbons (Fsp3) is 0.737. The Kier molecular flexibility index (Phi) is 5.96. The summed E-state index contributed by atoms with van der Waals surface area (Å²) in [6.07, 6.45) is 4.77. The molecule has 2 aliphatic rings. The first-order valence-electron chi connectivity index (χ1n) is 9.76. The molecule has 26 heavy (non-hydrogen) atoms. The lowest BCUT2D eigenvalue weighted by molar-refractivity contribution is -0.129. The molecule has 144 valence electrons. The number of nitrogen functional groups attached to an aromatic ring is 1. The number of hydrogen-bond acceptors (Lipinski definition) is 6. The summed E-state index contributed by atoms with van der Waals surface area (Å²) in [5.41, 5.74) is 7.79. The maximum Gasteiger partial charge on any atom is 0.317 e. The van der Waals surface area contributed by atoms with Gasteiger partial charge in [0.1, 0.15) is 0 Å². The molecule has 0 aromatic carbocycles. The van der Waals surface area contributed by atoms with E-state index in [9.17, 15) is 4.79 Å². The Bertz CT molecular complexity index is 616. The van der Waals surface area contributed by atoms with E-state index in [-0.39, 0.29) is 18.0 Å². The standard InChI is InChI=1S/C19H31N5O2/c1-4-16(26-19-21-12(2)17(20)13(3)22-19)18(25)23-15-7-9-24(10-8-15)11-14-5-6-14/h14-16H,4-11,20H2,1-3H3,(H,23,25). The largest absolute Gasteiger partial charge is 0.450 e. The van der Waals surface area contributed by atoms with Crippen LogP contribution in [0.3, 0.4) is 0 Å². The van der Waals surface area contributed by atoms with Crippen LogP contribution in [0.5, 0.6) is 6.01 Å². The Morgan fingerprint density at radius 2 is 1.85 bits per heavy atom. The molecule has 3 N–H and O–H groups in total. The molecule has 1 aromatic heterocycles. The van der Waals surface area contributed by atoms with Gasteiger partial charge in [-0.05, 0) is 51.9 Å². The van der Waals surface area contributed by atoms with Gasteiger partial charge in [-0.3, -0.25) is 4.79 Å². The van der Waals surface area contributed by atoms with Crippen LogP contribution in [-0.2, 0) is 4.79 Å². The SMILES string of the molecule is CCC(Oc1nc(C)c(N)c(C)n1)C(=O)NC1CCN(CC2CC2)CC1. The van der Waals surface area contributed by atoms with Crippen molar-refractivity contribution in [2.24, 2.45) is 5.92 Å². The van der Waals surface area contributed by atoms with E-state index in [0.29, 0.717) is 23.5 Å². The van der Waals surface area contributed by atoms with Crippen LogP contribution in [-0.4, -0.2) is 52.6 Å². The topological polar surface area (TPSA) is 93.4 Å². The number of piperidine rings is 1. The molecule has 1 aliphatic carbocycles. The average molecular weight is 361 g/mol. The highest BCUT2D eigenvalue weighted by Crippen LogP contribution is 2.30. The molecule has 7 nitrogen and oxygen atoms in total. The number of nitrogens with two attached hydrogens (primary N) is 1. The maximum atomic E-state index is 12.6. The zero-order valence-electron chi connectivity index (χ0n) is 16.1. The zero-order chi connectivity index (χ0) is 18.7. The summed E-state index contributed by atoms with van der Waals surface area (Å²) >= 11 is 0. The quantitative estimate of drug-likeness (QED) is 0.769. The van der Waals surface area contributed by atoms with Crippen LogP contribution in [0.15, 0.2) is 0 Å². The van der Waals surface area contributed by atoms with E-state index in [1.165, 1.54) is 19.4 Å². The van der Waals surface area contributed by atoms with Crippen LogP contribution in [0.2, 0.25) is 0 Å². The number of hydrogen-bond donors (Lipinski definition) is 2. The second-order valence-electron chi connectivity index (χ2n) is 7.63. The fourth-order valence-electron chi connectivity index (χ4n) is 3.42. The van der Waals surface area contributed by atoms with Gasteiger partial charge in [-0.25, -0.2) is 0 Å². The fourth-order valence-corrected chi connectivity index (χ4v) is 3.42. The van der Waals surface area contributed by atoms with Gasteiger partial charge in [-0.15, -0.1) is 0 Å². The number of carbonyl (C=O) groups excluding carboxylic acids is 1. The van der Waals surface area contributed by atoms with Crippen molar-refractivity contribution >= 4 is 11.6 Å². The predicted octanol–water partition coefficient (Wildman–Crippen LogP) is 1.82. The minimum Gasteiger partial charge on any atom is -0.450 e. The smallest absolute Gasteiger partial charge is 0.317 e. The first-order valence-corrected chi connectivity index (χ1v) is 9.76. The molecule has 1 saturated heterocycles. The number of rotatable bonds is 7. The van der Waals surface area contributed by atoms with Crippen molar-refractivity contribution in [3.63, 3.8) is 0 Å². The third kappa shape index (κ3) is 4.84. The molecular formula is C19H31N5O2. The molecule has 3 rings (SSSR count). The van der Waals surface area contributed by atoms with Gasteiger partial charge in [0.25, 0.3) is 5.91 Å². The molecule has 1 amide bonds. The molecule has 1 aromatic rings. The second-order valence-corrected chi connectivity index (χ2v) is 7.63. The van der Waals surface area contributed by atoms with Gasteiger partial charge in [-0.1, -0.05) is 6.92 Å². The number of likely N-dealkylation sites (tertiary alicyclic amines) is 1. The van der Waals surface area contributed by atoms with Crippen molar-refractivity contribution < 1.29 is 9.53 Å². The molecule has 2 fully saturated rings. The third-order valence-electron chi connectivity index (χ3n) is 5.36. The first-order chi connectivity index (χ1) is 12.5. The molecule has 1 unspecified atom stereocenters. The normalized spacial score (nSPS) is 20.0. The number of anilines is 1. The Morgan fingerprint density at radius 1 is 1.23 bits per heavy atom. The lowest BCUT2D eigenvalue weighted by atomic mass is 10.0. The number of nitrogens with one attached hydrogen (secondary N) is 1. The van der Waals surface area contributed by atoms with E-state index >= 15 is 0 Å². The van der Waals surface area contributed by atoms with Crippen LogP contribution in [0.4, 0.5) is 5.69 Å². The van der Waals surface area contributed by atoms with Crippen molar-refractivity contribution in [3.05, 3.63) is 11.4 Å². The van der Waals surface area contributed by atoms with Crippen LogP contribution in [0, 0.1) is 19.8 Å². The number of nitrogens with zero attached hydrogens (tertiary/aromatic N) is 3. The Balaban J connectivity index is 1.50. The van der Waals surface area contributed by atoms with Gasteiger partial charge < -0.3 is 20.7 Å². The van der Waals surface area contributed by atoms with Crippen LogP contribution in [0.25, 0.3) is 0 Å². The number of aryl methyl sites for hydroxylation is 2. The summed E-state index contributed by atoms with van der Waals surface area (Å²) in [5.74, 6) is 0.842. The summed E-state index contributed by atoms with van der Waals surface area (Å²) in [7, 11) is 0. The molecule has 1 atom stereocenters. The molecule has 1 saturated carbocycles. The Hall–Kier alpha value is -1.89. The van der Waals surface area contributed by atoms with E-state index in [1.807, 2.05) is 20.8 Å². The maximum absolute atomic E-state index is 12.6. The number of ether oxygens (including phenoxy) is 1. The van der Waals surface area contributed by atoms with Crippen molar-refractivity contribution in [3.8, 4) is 6.01 Å². The summed E-state index contributed by atoms with van der Waals surface area (Å²) in [5, 5.41) is 3.15. The number of aromatic nitrogens is 2. The van der Waals surface area contributed by atoms with Gasteiger partial charge in [0, 0.05) is 25.7 Å². The molecule has 0 spiro atoms. The van der Waals surface area contributed by atoms with E-state index in [4.69, 9.17) is 10.5 Å². The molecule has 2 heterocycles. The van der Waals surface area contributed by atoms with Crippen molar-refractivity contribution in [1.82, 2.24) is 20.2 Å². The minimum absolute atomic E-state index is 0.0797. The van der Waals surface area contributed by atoms with Crippen molar-refractivity contribution in [2.75, 3.05) is 25.4 Å². The molecular weight excluding hydrogens is 330 g/mol. The highest BCUT2D eigenvalue weighted by molar-refractivity contribution is 5.81. The summed E-state index contributed by atoms with van der Waals surface area (Å²) < 4.78 is 5.77. The second kappa shape index (κ2) is 8.20. The van der Waals surface area contributed by atoms with E-state index < -0.39 is 6.10 Å². The van der Waals surface area contributed by atoms with Gasteiger partial charge in [-0.2, -0.15) is 9.97 Å². The van der Waals surface area contributed by atoms with Gasteiger partial charge in [0.05, 0.1) is 17.1 Å². The molecule has 0 bridgehead atoms. The van der Waals surface area contributed by atoms with Crippen LogP contribution < -0.4 is 15.8 Å². The Labute approximate surface area is 155 Å². The van der Waals surface area contributed by atoms with Crippen LogP contribution >= 0.6 is 0 Å². The first kappa shape index (κ1) is 18.9. The van der Waals surface area contributed by atoms with Crippen molar-refractivity contribution in [2.45, 2.75) is 65.0 Å². The van der Waals surface area contributed by atoms with Gasteiger partial charge >= 0.3 is 6.01 Å². The minimum atomic E-state index is -0.582. The molecule has 0 radical (unpaired) electrons. The number of carbonyl (C=O) groups is 1. The van der Waals surface area contributed by atoms with Gasteiger partial charge in [0.2, 0.25) is 0 Å². The lowest BCUT2D eigenvalue weighted by Gasteiger charge is -2.33. The Morgan fingerprint density at radius 3 is 2.38 bits per heavy atom. The lowest BCUT2D eigenvalue weighted by Crippen LogP contribution is -2.49. The summed E-state index contributed by atoms with van der Waals surface area (Å²) in [6, 6.07) is 0.446. The average Bonchev–Trinajstić information content (AvgIpc) is 3.43. The molecule has 1 aliphatic heterocycles. The van der Waals surface area contributed by atoms with Gasteiger partial charge in [0.15, 0.2) is 6.10 Å². The van der Waals surface area contributed by atoms with E-state index in [1.54, 1.807) is 0 Å². The number of amides is 1. The zero-order valence-corrected chi connectivity index (χ0v) is 16.1. The third-order valence-corrected chi connectivity index (χ3v) is 5.36. The van der Waals surface area contributed by atoms with E-state index in [2.05, 4.69) is 20.2 Å². The monoisotopic (exact) mass is 361 g/mol. The van der Waals surface area contributed by atoms with Crippen molar-refractivity contribution in [1.29, 1.82) is 0 Å². The van der Waals surface area contributed by atoms with Crippen LogP contribution in [0.1, 0.15) is 50.4 Å². The highest BCUT2D eigenvalue weighted by Gasteiger charge is 2.29. The summed E-state index contributed by atoms with van der Waals surface area (Å²) in [6.45, 7) is 8.92. The molecule has 7 heteroatoms. The predicted molar refractivity (Wildman–Crippen MR) is 101 cm³/mol. The van der Waals surface area contributed by atoms with E-state index in [0.717, 1.165) is 31.8 Å². The highest BCUT2D eigenvalue weighted by atomic mass is 16.5.